The molecule has 2 amide bonds. The van der Waals surface area contributed by atoms with Gasteiger partial charge in [0.1, 0.15) is 5.01 Å². The molecule has 1 aliphatic heterocycles. The number of thiazole rings is 1. The molecule has 0 saturated carbocycles. The van der Waals surface area contributed by atoms with Crippen LogP contribution in [0.25, 0.3) is 11.3 Å². The first-order chi connectivity index (χ1) is 13.9. The monoisotopic (exact) mass is 415 g/mol. The van der Waals surface area contributed by atoms with Gasteiger partial charge in [-0.05, 0) is 25.7 Å². The number of nitrogens with one attached hydrogen (secondary N) is 1. The number of hydrogen-bond acceptors (Lipinski definition) is 5. The Bertz CT molecular complexity index is 814. The Morgan fingerprint density at radius 3 is 2.55 bits per heavy atom. The van der Waals surface area contributed by atoms with Crippen molar-refractivity contribution in [3.8, 4) is 11.3 Å². The Labute approximate surface area is 176 Å². The molecular formula is C22H29N3O3S. The molecule has 1 N–H and O–H groups in total. The van der Waals surface area contributed by atoms with Crippen molar-refractivity contribution in [3.63, 3.8) is 0 Å². The van der Waals surface area contributed by atoms with Crippen LogP contribution in [0.2, 0.25) is 0 Å². The summed E-state index contributed by atoms with van der Waals surface area (Å²) in [5.41, 5.74) is 2.00. The lowest BCUT2D eigenvalue weighted by atomic mass is 9.96. The third-order valence-electron chi connectivity index (χ3n) is 4.98. The third kappa shape index (κ3) is 5.79. The fraction of sp³-hybridized carbons (Fsp3) is 0.500. The molecule has 1 unspecified atom stereocenters. The molecule has 1 aromatic heterocycles. The zero-order chi connectivity index (χ0) is 20.8. The third-order valence-corrected chi connectivity index (χ3v) is 6.01. The summed E-state index contributed by atoms with van der Waals surface area (Å²) in [5.74, 6) is 0.265. The highest BCUT2D eigenvalue weighted by atomic mass is 32.1. The van der Waals surface area contributed by atoms with E-state index in [1.54, 1.807) is 16.2 Å². The second-order valence-electron chi connectivity index (χ2n) is 7.90. The number of carbonyl (C=O) groups is 2. The largest absolute Gasteiger partial charge is 0.449 e. The predicted octanol–water partition coefficient (Wildman–Crippen LogP) is 4.49. The van der Waals surface area contributed by atoms with Crippen molar-refractivity contribution < 1.29 is 14.3 Å². The molecule has 7 heteroatoms. The van der Waals surface area contributed by atoms with Crippen molar-refractivity contribution >= 4 is 23.3 Å². The Hall–Kier alpha value is -2.41. The quantitative estimate of drug-likeness (QED) is 0.754. The van der Waals surface area contributed by atoms with Crippen LogP contribution in [0.1, 0.15) is 44.7 Å². The van der Waals surface area contributed by atoms with Gasteiger partial charge >= 0.3 is 6.09 Å². The van der Waals surface area contributed by atoms with E-state index in [0.717, 1.165) is 16.3 Å². The number of rotatable bonds is 6. The molecule has 3 rings (SSSR count). The van der Waals surface area contributed by atoms with Crippen LogP contribution in [-0.4, -0.2) is 41.6 Å². The zero-order valence-electron chi connectivity index (χ0n) is 17.3. The minimum absolute atomic E-state index is 0.0316. The summed E-state index contributed by atoms with van der Waals surface area (Å²) >= 11 is 1.56. The number of likely N-dealkylation sites (tertiary alicyclic amines) is 1. The molecule has 2 aromatic rings. The molecule has 156 valence electrons. The van der Waals surface area contributed by atoms with Gasteiger partial charge < -0.3 is 15.0 Å². The molecule has 1 fully saturated rings. The molecular weight excluding hydrogens is 386 g/mol. The fourth-order valence-electron chi connectivity index (χ4n) is 3.27. The van der Waals surface area contributed by atoms with E-state index in [4.69, 9.17) is 4.74 Å². The number of hydrogen-bond donors (Lipinski definition) is 1. The van der Waals surface area contributed by atoms with E-state index >= 15 is 0 Å². The number of nitrogens with zero attached hydrogens (tertiary/aromatic N) is 2. The van der Waals surface area contributed by atoms with Crippen molar-refractivity contribution in [3.05, 3.63) is 40.7 Å². The molecule has 1 saturated heterocycles. The SMILES string of the molecule is CC(C)COC(=O)N1CCC(C(=O)NC(C)c2nc(-c3ccccc3)cs2)CC1. The highest BCUT2D eigenvalue weighted by Crippen LogP contribution is 2.26. The van der Waals surface area contributed by atoms with E-state index in [0.29, 0.717) is 38.5 Å². The smallest absolute Gasteiger partial charge is 0.409 e. The maximum atomic E-state index is 12.7. The molecule has 29 heavy (non-hydrogen) atoms. The van der Waals surface area contributed by atoms with E-state index in [-0.39, 0.29) is 24.0 Å². The van der Waals surface area contributed by atoms with E-state index in [9.17, 15) is 9.59 Å². The lowest BCUT2D eigenvalue weighted by Gasteiger charge is -2.31. The summed E-state index contributed by atoms with van der Waals surface area (Å²) < 4.78 is 5.28. The van der Waals surface area contributed by atoms with Gasteiger partial charge in [0, 0.05) is 30.0 Å². The minimum atomic E-state index is -0.276. The number of amides is 2. The highest BCUT2D eigenvalue weighted by molar-refractivity contribution is 7.10. The van der Waals surface area contributed by atoms with Crippen LogP contribution in [0.3, 0.4) is 0 Å². The number of aromatic nitrogens is 1. The van der Waals surface area contributed by atoms with Crippen LogP contribution in [0.15, 0.2) is 35.7 Å². The van der Waals surface area contributed by atoms with Crippen LogP contribution < -0.4 is 5.32 Å². The summed E-state index contributed by atoms with van der Waals surface area (Å²) in [4.78, 5) is 31.1. The highest BCUT2D eigenvalue weighted by Gasteiger charge is 2.29. The van der Waals surface area contributed by atoms with Crippen molar-refractivity contribution in [2.24, 2.45) is 11.8 Å². The predicted molar refractivity (Wildman–Crippen MR) is 115 cm³/mol. The average Bonchev–Trinajstić information content (AvgIpc) is 3.23. The number of ether oxygens (including phenoxy) is 1. The molecule has 6 nitrogen and oxygen atoms in total. The Morgan fingerprint density at radius 2 is 1.90 bits per heavy atom. The Morgan fingerprint density at radius 1 is 1.21 bits per heavy atom. The summed E-state index contributed by atoms with van der Waals surface area (Å²) in [6, 6.07) is 9.88. The number of carbonyl (C=O) groups excluding carboxylic acids is 2. The molecule has 2 heterocycles. The maximum absolute atomic E-state index is 12.7. The first kappa shape index (κ1) is 21.3. The van der Waals surface area contributed by atoms with Crippen molar-refractivity contribution in [2.75, 3.05) is 19.7 Å². The van der Waals surface area contributed by atoms with E-state index in [1.807, 2.05) is 56.5 Å². The van der Waals surface area contributed by atoms with Gasteiger partial charge in [0.05, 0.1) is 18.3 Å². The summed E-state index contributed by atoms with van der Waals surface area (Å²) in [6.45, 7) is 7.52. The van der Waals surface area contributed by atoms with Crippen LogP contribution in [0.5, 0.6) is 0 Å². The van der Waals surface area contributed by atoms with Gasteiger partial charge in [-0.1, -0.05) is 44.2 Å². The molecule has 1 aromatic carbocycles. The second-order valence-corrected chi connectivity index (χ2v) is 8.79. The van der Waals surface area contributed by atoms with Gasteiger partial charge in [-0.3, -0.25) is 4.79 Å². The van der Waals surface area contributed by atoms with Crippen LogP contribution in [0.4, 0.5) is 4.79 Å². The summed E-state index contributed by atoms with van der Waals surface area (Å²) in [6.07, 6.45) is 1.03. The maximum Gasteiger partial charge on any atom is 0.409 e. The molecule has 1 aliphatic rings. The normalized spacial score (nSPS) is 15.9. The van der Waals surface area contributed by atoms with Crippen LogP contribution >= 0.6 is 11.3 Å². The lowest BCUT2D eigenvalue weighted by Crippen LogP contribution is -2.43. The summed E-state index contributed by atoms with van der Waals surface area (Å²) in [5, 5.41) is 6.01. The van der Waals surface area contributed by atoms with Crippen LogP contribution in [0, 0.1) is 11.8 Å². The standard InChI is InChI=1S/C22H29N3O3S/c1-15(2)13-28-22(27)25-11-9-18(10-12-25)20(26)23-16(3)21-24-19(14-29-21)17-7-5-4-6-8-17/h4-8,14-16,18H,9-13H2,1-3H3,(H,23,26). The average molecular weight is 416 g/mol. The Balaban J connectivity index is 1.48. The number of benzene rings is 1. The lowest BCUT2D eigenvalue weighted by molar-refractivity contribution is -0.127. The van der Waals surface area contributed by atoms with Crippen molar-refractivity contribution in [2.45, 2.75) is 39.7 Å². The topological polar surface area (TPSA) is 71.5 Å². The first-order valence-electron chi connectivity index (χ1n) is 10.2. The fourth-order valence-corrected chi connectivity index (χ4v) is 4.11. The van der Waals surface area contributed by atoms with Crippen molar-refractivity contribution in [1.29, 1.82) is 0 Å². The second kappa shape index (κ2) is 9.87. The van der Waals surface area contributed by atoms with E-state index in [2.05, 4.69) is 10.3 Å². The molecule has 0 radical (unpaired) electrons. The van der Waals surface area contributed by atoms with E-state index < -0.39 is 0 Å². The van der Waals surface area contributed by atoms with Gasteiger partial charge in [0.2, 0.25) is 5.91 Å². The molecule has 1 atom stereocenters. The molecule has 0 aliphatic carbocycles. The Kier molecular flexibility index (Phi) is 7.25. The minimum Gasteiger partial charge on any atom is -0.449 e. The summed E-state index contributed by atoms with van der Waals surface area (Å²) in [7, 11) is 0. The van der Waals surface area contributed by atoms with E-state index in [1.165, 1.54) is 0 Å². The van der Waals surface area contributed by atoms with Gasteiger partial charge in [-0.2, -0.15) is 0 Å². The first-order valence-corrected chi connectivity index (χ1v) is 11.0. The van der Waals surface area contributed by atoms with Gasteiger partial charge in [0.15, 0.2) is 0 Å². The molecule has 0 bridgehead atoms. The van der Waals surface area contributed by atoms with Gasteiger partial charge in [-0.25, -0.2) is 9.78 Å². The van der Waals surface area contributed by atoms with Gasteiger partial charge in [-0.15, -0.1) is 11.3 Å². The van der Waals surface area contributed by atoms with Crippen LogP contribution in [-0.2, 0) is 9.53 Å². The van der Waals surface area contributed by atoms with Gasteiger partial charge in [0.25, 0.3) is 0 Å². The molecule has 0 spiro atoms. The van der Waals surface area contributed by atoms with Crippen molar-refractivity contribution in [1.82, 2.24) is 15.2 Å². The zero-order valence-corrected chi connectivity index (χ0v) is 18.1. The number of piperidine rings is 1.